The molecule has 2 N–H and O–H groups in total. The van der Waals surface area contributed by atoms with E-state index in [1.807, 2.05) is 49.4 Å². The maximum Gasteiger partial charge on any atom is 0.204 e. The minimum absolute atomic E-state index is 0.187. The van der Waals surface area contributed by atoms with E-state index in [0.717, 1.165) is 16.3 Å². The minimum atomic E-state index is -3.94. The Labute approximate surface area is 159 Å². The van der Waals surface area contributed by atoms with E-state index in [9.17, 15) is 8.42 Å². The summed E-state index contributed by atoms with van der Waals surface area (Å²) in [7, 11) is -3.94. The number of hydrogen-bond donors (Lipinski definition) is 1. The molecule has 138 valence electrons. The van der Waals surface area contributed by atoms with Crippen LogP contribution in [0.3, 0.4) is 0 Å². The molecule has 4 rings (SSSR count). The molecule has 1 heterocycles. The molecule has 4 nitrogen and oxygen atoms in total. The van der Waals surface area contributed by atoms with Gasteiger partial charge in [0.1, 0.15) is 6.10 Å². The largest absolute Gasteiger partial charge is 0.367 e. The number of nitrogens with two attached hydrogens (primary N) is 1. The van der Waals surface area contributed by atoms with Gasteiger partial charge in [0.2, 0.25) is 9.84 Å². The van der Waals surface area contributed by atoms with Crippen molar-refractivity contribution in [2.24, 2.45) is 5.73 Å². The van der Waals surface area contributed by atoms with E-state index >= 15 is 0 Å². The Morgan fingerprint density at radius 2 is 1.70 bits per heavy atom. The van der Waals surface area contributed by atoms with Crippen molar-refractivity contribution in [1.29, 1.82) is 0 Å². The van der Waals surface area contributed by atoms with Gasteiger partial charge in [-0.25, -0.2) is 8.42 Å². The van der Waals surface area contributed by atoms with Gasteiger partial charge in [-0.15, -0.1) is 0 Å². The van der Waals surface area contributed by atoms with Crippen LogP contribution < -0.4 is 5.73 Å². The molecule has 27 heavy (non-hydrogen) atoms. The van der Waals surface area contributed by atoms with Crippen molar-refractivity contribution in [3.63, 3.8) is 0 Å². The molecular weight excluding hydrogens is 358 g/mol. The fraction of sp³-hybridized carbons (Fsp3) is 0.182. The number of ether oxygens (including phenoxy) is 1. The van der Waals surface area contributed by atoms with Gasteiger partial charge in [0.15, 0.2) is 4.87 Å². The van der Waals surface area contributed by atoms with Gasteiger partial charge in [-0.3, -0.25) is 0 Å². The zero-order valence-electron chi connectivity index (χ0n) is 15.0. The number of benzene rings is 3. The lowest BCUT2D eigenvalue weighted by Gasteiger charge is -2.35. The van der Waals surface area contributed by atoms with E-state index in [-0.39, 0.29) is 4.90 Å². The van der Waals surface area contributed by atoms with Crippen LogP contribution in [0, 0.1) is 6.92 Å². The van der Waals surface area contributed by atoms with Gasteiger partial charge in [-0.05, 0) is 35.4 Å². The van der Waals surface area contributed by atoms with Crippen molar-refractivity contribution in [1.82, 2.24) is 0 Å². The first-order chi connectivity index (χ1) is 12.9. The average Bonchev–Trinajstić information content (AvgIpc) is 3.22. The Kier molecular flexibility index (Phi) is 4.38. The van der Waals surface area contributed by atoms with Crippen molar-refractivity contribution in [2.75, 3.05) is 6.61 Å². The molecule has 0 amide bonds. The quantitative estimate of drug-likeness (QED) is 0.702. The third-order valence-electron chi connectivity index (χ3n) is 5.09. The first kappa shape index (κ1) is 17.9. The molecule has 1 aliphatic heterocycles. The highest BCUT2D eigenvalue weighted by Crippen LogP contribution is 2.40. The normalized spacial score (nSPS) is 19.3. The van der Waals surface area contributed by atoms with E-state index in [4.69, 9.17) is 10.5 Å². The molecule has 5 heteroatoms. The van der Waals surface area contributed by atoms with Gasteiger partial charge >= 0.3 is 0 Å². The van der Waals surface area contributed by atoms with Gasteiger partial charge in [-0.2, -0.15) is 0 Å². The summed E-state index contributed by atoms with van der Waals surface area (Å²) in [6.07, 6.45) is 2.78. The highest BCUT2D eigenvalue weighted by atomic mass is 32.2. The third-order valence-corrected chi connectivity index (χ3v) is 7.33. The van der Waals surface area contributed by atoms with Crippen LogP contribution in [-0.2, 0) is 19.4 Å². The zero-order valence-corrected chi connectivity index (χ0v) is 15.8. The van der Waals surface area contributed by atoms with Crippen molar-refractivity contribution >= 4 is 20.6 Å². The van der Waals surface area contributed by atoms with E-state index in [1.54, 1.807) is 36.4 Å². The number of hydrogen-bond acceptors (Lipinski definition) is 4. The van der Waals surface area contributed by atoms with Crippen molar-refractivity contribution in [3.8, 4) is 0 Å². The number of rotatable bonds is 4. The molecule has 0 unspecified atom stereocenters. The van der Waals surface area contributed by atoms with Crippen molar-refractivity contribution in [2.45, 2.75) is 22.8 Å². The summed E-state index contributed by atoms with van der Waals surface area (Å²) in [5.74, 6) is 0. The topological polar surface area (TPSA) is 69.4 Å². The Morgan fingerprint density at radius 1 is 1.00 bits per heavy atom. The second-order valence-electron chi connectivity index (χ2n) is 6.82. The van der Waals surface area contributed by atoms with Crippen LogP contribution in [-0.4, -0.2) is 21.1 Å². The van der Waals surface area contributed by atoms with Crippen molar-refractivity contribution < 1.29 is 13.2 Å². The van der Waals surface area contributed by atoms with E-state index in [1.165, 1.54) is 0 Å². The van der Waals surface area contributed by atoms with Gasteiger partial charge in [0, 0.05) is 0 Å². The first-order valence-corrected chi connectivity index (χ1v) is 10.3. The van der Waals surface area contributed by atoms with E-state index < -0.39 is 20.8 Å². The van der Waals surface area contributed by atoms with Crippen LogP contribution >= 0.6 is 0 Å². The zero-order chi connectivity index (χ0) is 19.1. The lowest BCUT2D eigenvalue weighted by Crippen LogP contribution is -2.53. The molecule has 0 spiro atoms. The van der Waals surface area contributed by atoms with Gasteiger partial charge in [0.25, 0.3) is 0 Å². The van der Waals surface area contributed by atoms with Gasteiger partial charge in [0.05, 0.1) is 11.5 Å². The third kappa shape index (κ3) is 2.79. The number of fused-ring (bicyclic) bond motifs is 1. The van der Waals surface area contributed by atoms with E-state index in [0.29, 0.717) is 12.2 Å². The second kappa shape index (κ2) is 6.60. The second-order valence-corrected chi connectivity index (χ2v) is 8.97. The smallest absolute Gasteiger partial charge is 0.204 e. The lowest BCUT2D eigenvalue weighted by atomic mass is 9.95. The molecule has 3 aromatic rings. The minimum Gasteiger partial charge on any atom is -0.367 e. The van der Waals surface area contributed by atoms with Gasteiger partial charge in [-0.1, -0.05) is 72.3 Å². The summed E-state index contributed by atoms with van der Waals surface area (Å²) < 4.78 is 33.3. The van der Waals surface area contributed by atoms with Crippen LogP contribution in [0.25, 0.3) is 10.8 Å². The maximum atomic E-state index is 13.8. The summed E-state index contributed by atoms with van der Waals surface area (Å²) in [6.45, 7) is 2.26. The molecule has 2 atom stereocenters. The Bertz CT molecular complexity index is 1110. The number of sulfone groups is 1. The Hall–Kier alpha value is -2.47. The fourth-order valence-electron chi connectivity index (χ4n) is 3.59. The molecular formula is C22H21NO3S. The van der Waals surface area contributed by atoms with Crippen LogP contribution in [0.1, 0.15) is 11.1 Å². The summed E-state index contributed by atoms with van der Waals surface area (Å²) >= 11 is 0. The summed E-state index contributed by atoms with van der Waals surface area (Å²) in [5, 5.41) is 1.74. The Balaban J connectivity index is 2.01. The maximum absolute atomic E-state index is 13.8. The highest BCUT2D eigenvalue weighted by Gasteiger charge is 2.50. The molecule has 0 aromatic heterocycles. The van der Waals surface area contributed by atoms with Crippen LogP contribution in [0.2, 0.25) is 0 Å². The van der Waals surface area contributed by atoms with E-state index in [2.05, 4.69) is 0 Å². The van der Waals surface area contributed by atoms with Crippen LogP contribution in [0.5, 0.6) is 0 Å². The van der Waals surface area contributed by atoms with Crippen LogP contribution in [0.15, 0.2) is 83.8 Å². The van der Waals surface area contributed by atoms with Crippen LogP contribution in [0.4, 0.5) is 0 Å². The standard InChI is InChI=1S/C22H21NO3S/c1-16-11-13-18(14-12-16)27(24,25)22(23,21-10-5-15-26-21)20-9-4-7-17-6-2-3-8-19(17)20/h2-14,21H,15,23H2,1H3/t21-,22-/m0/s1. The average molecular weight is 379 g/mol. The molecule has 0 fully saturated rings. The molecule has 0 saturated heterocycles. The molecule has 0 radical (unpaired) electrons. The summed E-state index contributed by atoms with van der Waals surface area (Å²) in [4.78, 5) is -1.55. The SMILES string of the molecule is Cc1ccc(S(=O)(=O)[C@@](N)(c2cccc3ccccc23)[C@@H]2C=CCO2)cc1. The summed E-state index contributed by atoms with van der Waals surface area (Å²) in [5.41, 5.74) is 8.30. The first-order valence-electron chi connectivity index (χ1n) is 8.81. The Morgan fingerprint density at radius 3 is 2.41 bits per heavy atom. The molecule has 0 saturated carbocycles. The fourth-order valence-corrected chi connectivity index (χ4v) is 5.39. The summed E-state index contributed by atoms with van der Waals surface area (Å²) in [6, 6.07) is 20.0. The lowest BCUT2D eigenvalue weighted by molar-refractivity contribution is 0.0931. The number of aryl methyl sites for hydroxylation is 1. The highest BCUT2D eigenvalue weighted by molar-refractivity contribution is 7.92. The molecule has 1 aliphatic rings. The monoisotopic (exact) mass is 379 g/mol. The molecule has 0 aliphatic carbocycles. The molecule has 0 bridgehead atoms. The predicted octanol–water partition coefficient (Wildman–Crippen LogP) is 3.69. The molecule has 3 aromatic carbocycles. The predicted molar refractivity (Wildman–Crippen MR) is 107 cm³/mol. The van der Waals surface area contributed by atoms with Crippen molar-refractivity contribution in [3.05, 3.63) is 90.0 Å². The van der Waals surface area contributed by atoms with Gasteiger partial charge < -0.3 is 10.5 Å².